The summed E-state index contributed by atoms with van der Waals surface area (Å²) in [6.45, 7) is 1.70. The molecule has 1 aliphatic heterocycles. The van der Waals surface area contributed by atoms with Crippen LogP contribution in [0.3, 0.4) is 0 Å². The maximum atomic E-state index is 12.4. The first-order chi connectivity index (χ1) is 14.8. The molecule has 0 radical (unpaired) electrons. The Morgan fingerprint density at radius 3 is 2.77 bits per heavy atom. The van der Waals surface area contributed by atoms with Gasteiger partial charge in [0.15, 0.2) is 0 Å². The van der Waals surface area contributed by atoms with Crippen LogP contribution in [0.5, 0.6) is 0 Å². The summed E-state index contributed by atoms with van der Waals surface area (Å²) in [5, 5.41) is 13.7. The standard InChI is InChI=1S/C21H15N3O6S/c1-11-6-7-14(15(8-11)24(28)29)22-18(25)10-17-19(26)23-20(31-17)13-9-12-4-2-3-5-16(12)30-21(13)27/h2-9,17H,10H2,1H3,(H,22,25). The fraction of sp³-hybridized carbons (Fsp3) is 0.143. The number of aliphatic imine (C=N–C) groups is 1. The lowest BCUT2D eigenvalue weighted by atomic mass is 10.2. The van der Waals surface area contributed by atoms with E-state index in [-0.39, 0.29) is 28.4 Å². The van der Waals surface area contributed by atoms with Crippen molar-refractivity contribution in [2.45, 2.75) is 18.6 Å². The molecular weight excluding hydrogens is 422 g/mol. The SMILES string of the molecule is Cc1ccc(NC(=O)CC2SC(c3cc4ccccc4oc3=O)=NC2=O)c([N+](=O)[O-])c1. The molecule has 1 N–H and O–H groups in total. The van der Waals surface area contributed by atoms with E-state index in [4.69, 9.17) is 4.42 Å². The maximum absolute atomic E-state index is 12.4. The van der Waals surface area contributed by atoms with E-state index < -0.39 is 27.6 Å². The number of aryl methyl sites for hydroxylation is 1. The molecule has 0 spiro atoms. The minimum Gasteiger partial charge on any atom is -0.422 e. The largest absolute Gasteiger partial charge is 0.422 e. The van der Waals surface area contributed by atoms with Gasteiger partial charge in [-0.05, 0) is 30.7 Å². The molecule has 1 unspecified atom stereocenters. The third kappa shape index (κ3) is 4.24. The van der Waals surface area contributed by atoms with Gasteiger partial charge in [0.25, 0.3) is 11.6 Å². The molecule has 0 saturated carbocycles. The number of carbonyl (C=O) groups is 2. The smallest absolute Gasteiger partial charge is 0.346 e. The van der Waals surface area contributed by atoms with Gasteiger partial charge >= 0.3 is 5.63 Å². The Kier molecular flexibility index (Phi) is 5.38. The van der Waals surface area contributed by atoms with E-state index in [9.17, 15) is 24.5 Å². The summed E-state index contributed by atoms with van der Waals surface area (Å²) in [7, 11) is 0. The molecule has 4 rings (SSSR count). The van der Waals surface area contributed by atoms with Gasteiger partial charge in [0.05, 0.1) is 10.5 Å². The third-order valence-corrected chi connectivity index (χ3v) is 5.79. The number of nitrogens with one attached hydrogen (secondary N) is 1. The quantitative estimate of drug-likeness (QED) is 0.367. The second-order valence-corrected chi connectivity index (χ2v) is 8.07. The predicted molar refractivity (Wildman–Crippen MR) is 116 cm³/mol. The number of thioether (sulfide) groups is 1. The van der Waals surface area contributed by atoms with Crippen molar-refractivity contribution in [1.82, 2.24) is 0 Å². The number of benzene rings is 2. The van der Waals surface area contributed by atoms with Gasteiger partial charge in [-0.3, -0.25) is 19.7 Å². The van der Waals surface area contributed by atoms with Crippen LogP contribution in [0.25, 0.3) is 11.0 Å². The molecule has 1 aliphatic rings. The summed E-state index contributed by atoms with van der Waals surface area (Å²) in [6, 6.07) is 13.0. The second-order valence-electron chi connectivity index (χ2n) is 6.88. The Morgan fingerprint density at radius 2 is 2.00 bits per heavy atom. The van der Waals surface area contributed by atoms with E-state index in [2.05, 4.69) is 10.3 Å². The summed E-state index contributed by atoms with van der Waals surface area (Å²) < 4.78 is 5.28. The topological polar surface area (TPSA) is 132 Å². The van der Waals surface area contributed by atoms with Crippen molar-refractivity contribution in [3.63, 3.8) is 0 Å². The van der Waals surface area contributed by atoms with Crippen molar-refractivity contribution in [2.24, 2.45) is 4.99 Å². The van der Waals surface area contributed by atoms with Crippen LogP contribution < -0.4 is 10.9 Å². The molecule has 2 aromatic carbocycles. The fourth-order valence-electron chi connectivity index (χ4n) is 3.12. The fourth-order valence-corrected chi connectivity index (χ4v) is 4.19. The van der Waals surface area contributed by atoms with E-state index in [0.29, 0.717) is 16.5 Å². The van der Waals surface area contributed by atoms with Crippen LogP contribution in [-0.2, 0) is 9.59 Å². The van der Waals surface area contributed by atoms with Crippen molar-refractivity contribution in [3.8, 4) is 0 Å². The highest BCUT2D eigenvalue weighted by Crippen LogP contribution is 2.30. The number of carbonyl (C=O) groups excluding carboxylic acids is 2. The number of nitro groups is 1. The molecule has 9 nitrogen and oxygen atoms in total. The van der Waals surface area contributed by atoms with E-state index in [1.165, 1.54) is 12.1 Å². The van der Waals surface area contributed by atoms with Crippen molar-refractivity contribution < 1.29 is 18.9 Å². The number of nitro benzene ring substituents is 1. The van der Waals surface area contributed by atoms with Gasteiger partial charge in [0.1, 0.15) is 21.6 Å². The third-order valence-electron chi connectivity index (χ3n) is 4.61. The highest BCUT2D eigenvalue weighted by atomic mass is 32.2. The molecule has 2 amide bonds. The number of para-hydroxylation sites is 1. The van der Waals surface area contributed by atoms with Gasteiger partial charge < -0.3 is 9.73 Å². The number of hydrogen-bond acceptors (Lipinski definition) is 7. The van der Waals surface area contributed by atoms with Crippen LogP contribution >= 0.6 is 11.8 Å². The Morgan fingerprint density at radius 1 is 1.23 bits per heavy atom. The molecule has 156 valence electrons. The van der Waals surface area contributed by atoms with Crippen molar-refractivity contribution in [3.05, 3.63) is 80.2 Å². The molecule has 1 aromatic heterocycles. The molecule has 0 bridgehead atoms. The van der Waals surface area contributed by atoms with Gasteiger partial charge in [0.2, 0.25) is 5.91 Å². The van der Waals surface area contributed by atoms with Gasteiger partial charge in [-0.2, -0.15) is 0 Å². The highest BCUT2D eigenvalue weighted by molar-refractivity contribution is 8.16. The second kappa shape index (κ2) is 8.15. The molecule has 31 heavy (non-hydrogen) atoms. The zero-order valence-corrected chi connectivity index (χ0v) is 17.0. The van der Waals surface area contributed by atoms with Gasteiger partial charge in [-0.15, -0.1) is 0 Å². The summed E-state index contributed by atoms with van der Waals surface area (Å²) in [4.78, 5) is 51.6. The zero-order valence-electron chi connectivity index (χ0n) is 16.2. The van der Waals surface area contributed by atoms with Crippen molar-refractivity contribution in [2.75, 3.05) is 5.32 Å². The number of rotatable bonds is 5. The summed E-state index contributed by atoms with van der Waals surface area (Å²) in [5.41, 5.74) is 0.435. The lowest BCUT2D eigenvalue weighted by molar-refractivity contribution is -0.384. The first kappa shape index (κ1) is 20.5. The maximum Gasteiger partial charge on any atom is 0.346 e. The average Bonchev–Trinajstić information content (AvgIpc) is 3.08. The van der Waals surface area contributed by atoms with Crippen LogP contribution in [0, 0.1) is 17.0 Å². The number of nitrogens with zero attached hydrogens (tertiary/aromatic N) is 2. The van der Waals surface area contributed by atoms with Crippen LogP contribution in [0.4, 0.5) is 11.4 Å². The van der Waals surface area contributed by atoms with E-state index in [1.54, 1.807) is 43.3 Å². The summed E-state index contributed by atoms with van der Waals surface area (Å²) in [5.74, 6) is -1.12. The first-order valence-corrected chi connectivity index (χ1v) is 10.1. The van der Waals surface area contributed by atoms with Crippen LogP contribution in [0.2, 0.25) is 0 Å². The van der Waals surface area contributed by atoms with Crippen molar-refractivity contribution >= 4 is 51.0 Å². The molecule has 0 aliphatic carbocycles. The lowest BCUT2D eigenvalue weighted by Crippen LogP contribution is -2.22. The molecular formula is C21H15N3O6S. The number of hydrogen-bond donors (Lipinski definition) is 1. The van der Waals surface area contributed by atoms with Crippen LogP contribution in [-0.4, -0.2) is 27.0 Å². The molecule has 10 heteroatoms. The van der Waals surface area contributed by atoms with Gasteiger partial charge in [0, 0.05) is 17.9 Å². The summed E-state index contributed by atoms with van der Waals surface area (Å²) in [6.07, 6.45) is -0.250. The minimum absolute atomic E-state index is 0.0485. The molecule has 2 heterocycles. The summed E-state index contributed by atoms with van der Waals surface area (Å²) >= 11 is 0.992. The number of fused-ring (bicyclic) bond motifs is 1. The highest BCUT2D eigenvalue weighted by Gasteiger charge is 2.33. The van der Waals surface area contributed by atoms with E-state index in [1.807, 2.05) is 0 Å². The number of anilines is 1. The monoisotopic (exact) mass is 437 g/mol. The molecule has 3 aromatic rings. The first-order valence-electron chi connectivity index (χ1n) is 9.19. The zero-order chi connectivity index (χ0) is 22.1. The van der Waals surface area contributed by atoms with Crippen molar-refractivity contribution in [1.29, 1.82) is 0 Å². The molecule has 1 atom stereocenters. The van der Waals surface area contributed by atoms with E-state index in [0.717, 1.165) is 11.8 Å². The predicted octanol–water partition coefficient (Wildman–Crippen LogP) is 3.43. The van der Waals surface area contributed by atoms with E-state index >= 15 is 0 Å². The van der Waals surface area contributed by atoms with Crippen LogP contribution in [0.1, 0.15) is 17.5 Å². The van der Waals surface area contributed by atoms with Gasteiger partial charge in [-0.25, -0.2) is 9.79 Å². The average molecular weight is 437 g/mol. The minimum atomic E-state index is -0.842. The Labute approximate surface area is 179 Å². The normalized spacial score (nSPS) is 15.7. The Bertz CT molecular complexity index is 1330. The van der Waals surface area contributed by atoms with Gasteiger partial charge in [-0.1, -0.05) is 36.0 Å². The molecule has 0 saturated heterocycles. The number of amides is 2. The van der Waals surface area contributed by atoms with Crippen LogP contribution in [0.15, 0.2) is 62.7 Å². The molecule has 0 fully saturated rings. The Hall–Kier alpha value is -3.79. The Balaban J connectivity index is 1.50. The lowest BCUT2D eigenvalue weighted by Gasteiger charge is -2.09.